The largest absolute Gasteiger partial charge is 0.750 e. The van der Waals surface area contributed by atoms with E-state index >= 15 is 0 Å². The summed E-state index contributed by atoms with van der Waals surface area (Å²) < 4.78 is 24.4. The molecule has 0 aromatic rings. The first kappa shape index (κ1) is 24.0. The summed E-state index contributed by atoms with van der Waals surface area (Å²) in [5, 5.41) is 0. The van der Waals surface area contributed by atoms with Gasteiger partial charge < -0.3 is 9.04 Å². The molecule has 0 aliphatic carbocycles. The van der Waals surface area contributed by atoms with Crippen molar-refractivity contribution >= 4 is 11.4 Å². The molecule has 0 spiro atoms. The summed E-state index contributed by atoms with van der Waals surface area (Å²) in [7, 11) is 0. The van der Waals surface area contributed by atoms with Gasteiger partial charge in [0.15, 0.2) is 0 Å². The van der Waals surface area contributed by atoms with Crippen LogP contribution in [0.4, 0.5) is 0 Å². The van der Waals surface area contributed by atoms with Gasteiger partial charge in [-0.2, -0.15) is 0 Å². The highest BCUT2D eigenvalue weighted by Gasteiger charge is 2.22. The van der Waals surface area contributed by atoms with Crippen molar-refractivity contribution in [2.45, 2.75) is 66.2 Å². The second kappa shape index (κ2) is 17.1. The maximum Gasteiger partial charge on any atom is 0.0845 e. The minimum absolute atomic E-state index is 0.0517. The molecule has 0 amide bonds. The van der Waals surface area contributed by atoms with Crippen molar-refractivity contribution in [1.82, 2.24) is 0 Å². The van der Waals surface area contributed by atoms with E-state index in [0.717, 1.165) is 0 Å². The molecular weight excluding hydrogens is 298 g/mol. The molecule has 0 saturated heterocycles. The van der Waals surface area contributed by atoms with Gasteiger partial charge in [-0.3, -0.25) is 4.18 Å². The summed E-state index contributed by atoms with van der Waals surface area (Å²) in [6, 6.07) is 0. The van der Waals surface area contributed by atoms with Gasteiger partial charge in [0, 0.05) is 0 Å². The molecule has 0 saturated carbocycles. The van der Waals surface area contributed by atoms with Crippen LogP contribution in [0.5, 0.6) is 0 Å². The minimum atomic E-state index is -2.39. The molecule has 1 unspecified atom stereocenters. The molecule has 4 nitrogen and oxygen atoms in total. The SMILES string of the molecule is C=CCOS(=O)[O-].CCCC[N+](CC)(CCCC)CCCC. The first-order chi connectivity index (χ1) is 10.5. The Kier molecular flexibility index (Phi) is 18.7. The highest BCUT2D eigenvalue weighted by molar-refractivity contribution is 7.74. The molecule has 0 aliphatic heterocycles. The number of hydrogen-bond acceptors (Lipinski definition) is 3. The van der Waals surface area contributed by atoms with Crippen molar-refractivity contribution in [2.24, 2.45) is 0 Å². The number of rotatable bonds is 13. The van der Waals surface area contributed by atoms with Crippen LogP contribution in [0.1, 0.15) is 66.2 Å². The lowest BCUT2D eigenvalue weighted by molar-refractivity contribution is -0.927. The van der Waals surface area contributed by atoms with E-state index in [2.05, 4.69) is 38.5 Å². The number of nitrogens with zero attached hydrogens (tertiary/aromatic N) is 1. The zero-order valence-corrected chi connectivity index (χ0v) is 16.0. The Hall–Kier alpha value is -0.230. The summed E-state index contributed by atoms with van der Waals surface area (Å²) in [4.78, 5) is 0. The van der Waals surface area contributed by atoms with Crippen LogP contribution in [0.2, 0.25) is 0 Å². The maximum absolute atomic E-state index is 9.49. The molecule has 0 N–H and O–H groups in total. The Bertz CT molecular complexity index is 251. The van der Waals surface area contributed by atoms with Gasteiger partial charge in [-0.25, -0.2) is 4.21 Å². The fraction of sp³-hybridized carbons (Fsp3) is 0.882. The Morgan fingerprint density at radius 1 is 1.00 bits per heavy atom. The molecule has 5 heteroatoms. The van der Waals surface area contributed by atoms with E-state index in [1.54, 1.807) is 0 Å². The van der Waals surface area contributed by atoms with Gasteiger partial charge in [-0.1, -0.05) is 46.1 Å². The second-order valence-corrected chi connectivity index (χ2v) is 6.31. The van der Waals surface area contributed by atoms with E-state index in [-0.39, 0.29) is 6.61 Å². The maximum atomic E-state index is 9.49. The van der Waals surface area contributed by atoms with Crippen molar-refractivity contribution in [3.63, 3.8) is 0 Å². The Morgan fingerprint density at radius 2 is 1.41 bits per heavy atom. The van der Waals surface area contributed by atoms with Crippen LogP contribution in [-0.4, -0.2) is 46.0 Å². The van der Waals surface area contributed by atoms with Crippen LogP contribution in [-0.2, 0) is 15.5 Å². The van der Waals surface area contributed by atoms with Gasteiger partial charge in [0.2, 0.25) is 0 Å². The fourth-order valence-electron chi connectivity index (χ4n) is 2.39. The minimum Gasteiger partial charge on any atom is -0.750 e. The van der Waals surface area contributed by atoms with E-state index in [1.807, 2.05) is 0 Å². The van der Waals surface area contributed by atoms with Crippen molar-refractivity contribution in [1.29, 1.82) is 0 Å². The lowest BCUT2D eigenvalue weighted by atomic mass is 10.1. The summed E-state index contributed by atoms with van der Waals surface area (Å²) in [5.74, 6) is 0. The van der Waals surface area contributed by atoms with E-state index in [0.29, 0.717) is 0 Å². The van der Waals surface area contributed by atoms with Crippen LogP contribution >= 0.6 is 0 Å². The molecule has 0 radical (unpaired) electrons. The van der Waals surface area contributed by atoms with Gasteiger partial charge >= 0.3 is 0 Å². The third kappa shape index (κ3) is 14.7. The Morgan fingerprint density at radius 3 is 1.59 bits per heavy atom. The normalized spacial score (nSPS) is 12.4. The van der Waals surface area contributed by atoms with Gasteiger partial charge in [-0.15, -0.1) is 6.58 Å². The van der Waals surface area contributed by atoms with Crippen LogP contribution in [0, 0.1) is 0 Å². The van der Waals surface area contributed by atoms with E-state index in [4.69, 9.17) is 0 Å². The number of quaternary nitrogens is 1. The van der Waals surface area contributed by atoms with Gasteiger partial charge in [0.1, 0.15) is 0 Å². The zero-order chi connectivity index (χ0) is 17.3. The summed E-state index contributed by atoms with van der Waals surface area (Å²) in [6.45, 7) is 18.2. The predicted molar refractivity (Wildman–Crippen MR) is 95.2 cm³/mol. The topological polar surface area (TPSA) is 49.4 Å². The Balaban J connectivity index is 0. The molecule has 134 valence electrons. The van der Waals surface area contributed by atoms with Gasteiger partial charge in [0.25, 0.3) is 0 Å². The van der Waals surface area contributed by atoms with Crippen molar-refractivity contribution < 1.29 is 17.4 Å². The lowest BCUT2D eigenvalue weighted by Crippen LogP contribution is -2.49. The van der Waals surface area contributed by atoms with Gasteiger partial charge in [-0.05, 0) is 26.2 Å². The van der Waals surface area contributed by atoms with E-state index in [9.17, 15) is 8.76 Å². The molecule has 0 aromatic carbocycles. The van der Waals surface area contributed by atoms with Crippen molar-refractivity contribution in [3.05, 3.63) is 12.7 Å². The molecular formula is C17H37NO3S. The average Bonchev–Trinajstić information content (AvgIpc) is 2.53. The third-order valence-corrected chi connectivity index (χ3v) is 4.24. The number of unbranched alkanes of at least 4 members (excludes halogenated alkanes) is 3. The molecule has 22 heavy (non-hydrogen) atoms. The number of hydrogen-bond donors (Lipinski definition) is 0. The van der Waals surface area contributed by atoms with Crippen LogP contribution in [0.15, 0.2) is 12.7 Å². The van der Waals surface area contributed by atoms with E-state index < -0.39 is 11.4 Å². The molecule has 0 aromatic heterocycles. The monoisotopic (exact) mass is 335 g/mol. The first-order valence-electron chi connectivity index (χ1n) is 8.70. The predicted octanol–water partition coefficient (Wildman–Crippen LogP) is 4.21. The first-order valence-corrected chi connectivity index (χ1v) is 9.70. The zero-order valence-electron chi connectivity index (χ0n) is 15.1. The fourth-order valence-corrected chi connectivity index (χ4v) is 2.60. The molecule has 1 atom stereocenters. The van der Waals surface area contributed by atoms with E-state index in [1.165, 1.54) is 75.3 Å². The van der Waals surface area contributed by atoms with Crippen molar-refractivity contribution in [2.75, 3.05) is 32.8 Å². The smallest absolute Gasteiger partial charge is 0.0845 e. The second-order valence-electron chi connectivity index (χ2n) is 5.67. The molecule has 0 aliphatic rings. The highest BCUT2D eigenvalue weighted by Crippen LogP contribution is 2.14. The quantitative estimate of drug-likeness (QED) is 0.288. The third-order valence-electron chi connectivity index (χ3n) is 3.91. The van der Waals surface area contributed by atoms with Crippen LogP contribution in [0.3, 0.4) is 0 Å². The standard InChI is InChI=1S/C14H32N.C3H6O3S/c1-5-9-12-15(8-4,13-10-6-2)14-11-7-3;1-2-3-6-7(4)5/h5-14H2,1-4H3;2H,1,3H2,(H,4,5)/q+1;/p-1. The average molecular weight is 336 g/mol. The molecule has 0 fully saturated rings. The Labute approximate surface area is 141 Å². The summed E-state index contributed by atoms with van der Waals surface area (Å²) in [5.41, 5.74) is 0. The van der Waals surface area contributed by atoms with Crippen LogP contribution < -0.4 is 0 Å². The molecule has 0 heterocycles. The summed E-state index contributed by atoms with van der Waals surface area (Å²) in [6.07, 6.45) is 9.61. The lowest BCUT2D eigenvalue weighted by Gasteiger charge is -2.38. The van der Waals surface area contributed by atoms with Crippen molar-refractivity contribution in [3.8, 4) is 0 Å². The summed E-state index contributed by atoms with van der Waals surface area (Å²) >= 11 is -2.39. The molecule has 0 rings (SSSR count). The van der Waals surface area contributed by atoms with Crippen LogP contribution in [0.25, 0.3) is 0 Å². The molecule has 0 bridgehead atoms. The van der Waals surface area contributed by atoms with Gasteiger partial charge in [0.05, 0.1) is 44.1 Å². The highest BCUT2D eigenvalue weighted by atomic mass is 32.2.